The molecule has 0 saturated heterocycles. The van der Waals surface area contributed by atoms with E-state index in [-0.39, 0.29) is 24.3 Å². The quantitative estimate of drug-likeness (QED) is 0.458. The van der Waals surface area contributed by atoms with Crippen molar-refractivity contribution in [3.8, 4) is 0 Å². The van der Waals surface area contributed by atoms with Gasteiger partial charge in [-0.05, 0) is 43.3 Å². The first kappa shape index (κ1) is 19.3. The fraction of sp³-hybridized carbons (Fsp3) is 0.136. The van der Waals surface area contributed by atoms with Gasteiger partial charge in [0.05, 0.1) is 11.0 Å². The van der Waals surface area contributed by atoms with Crippen molar-refractivity contribution < 1.29 is 4.79 Å². The number of benzene rings is 2. The maximum absolute atomic E-state index is 12.3. The summed E-state index contributed by atoms with van der Waals surface area (Å²) < 4.78 is 0. The standard InChI is InChI=1S/C22H20N6O2/c1-14-12-20(24-13-23-14)25-15-6-8-16(9-7-15)26-21(29)11-10-19-22(30)28-18-5-3-2-4-17(18)27-19/h2-9,12-13H,10-11H2,1H3,(H,26,29)(H,28,30)(H,23,24,25). The van der Waals surface area contributed by atoms with Gasteiger partial charge < -0.3 is 15.6 Å². The van der Waals surface area contributed by atoms with Gasteiger partial charge in [-0.3, -0.25) is 9.59 Å². The summed E-state index contributed by atoms with van der Waals surface area (Å²) >= 11 is 0. The zero-order valence-electron chi connectivity index (χ0n) is 16.3. The van der Waals surface area contributed by atoms with Crippen molar-refractivity contribution in [3.05, 3.63) is 82.7 Å². The number of H-pyrrole nitrogens is 1. The van der Waals surface area contributed by atoms with Gasteiger partial charge in [-0.2, -0.15) is 0 Å². The van der Waals surface area contributed by atoms with Crippen LogP contribution in [0.4, 0.5) is 17.2 Å². The van der Waals surface area contributed by atoms with Crippen LogP contribution in [0.15, 0.2) is 65.7 Å². The number of amides is 1. The molecule has 0 aliphatic heterocycles. The van der Waals surface area contributed by atoms with E-state index in [9.17, 15) is 9.59 Å². The zero-order chi connectivity index (χ0) is 20.9. The van der Waals surface area contributed by atoms with Gasteiger partial charge in [0.25, 0.3) is 5.56 Å². The molecule has 4 aromatic rings. The van der Waals surface area contributed by atoms with E-state index in [2.05, 4.69) is 30.6 Å². The molecule has 2 heterocycles. The summed E-state index contributed by atoms with van der Waals surface area (Å²) in [5.41, 5.74) is 3.86. The van der Waals surface area contributed by atoms with Crippen LogP contribution in [-0.2, 0) is 11.2 Å². The number of carbonyl (C=O) groups excluding carboxylic acids is 1. The van der Waals surface area contributed by atoms with E-state index >= 15 is 0 Å². The summed E-state index contributed by atoms with van der Waals surface area (Å²) in [4.78, 5) is 39.8. The molecule has 150 valence electrons. The van der Waals surface area contributed by atoms with Crippen molar-refractivity contribution in [2.45, 2.75) is 19.8 Å². The summed E-state index contributed by atoms with van der Waals surface area (Å²) in [5, 5.41) is 6.02. The van der Waals surface area contributed by atoms with E-state index in [1.807, 2.05) is 43.3 Å². The Morgan fingerprint density at radius 1 is 1.03 bits per heavy atom. The molecule has 2 aromatic heterocycles. The number of nitrogens with zero attached hydrogens (tertiary/aromatic N) is 3. The van der Waals surface area contributed by atoms with E-state index in [1.54, 1.807) is 18.2 Å². The summed E-state index contributed by atoms with van der Waals surface area (Å²) in [5.74, 6) is 0.517. The second-order valence-corrected chi connectivity index (χ2v) is 6.82. The Morgan fingerprint density at radius 3 is 2.60 bits per heavy atom. The minimum Gasteiger partial charge on any atom is -0.340 e. The van der Waals surface area contributed by atoms with E-state index in [0.29, 0.717) is 28.2 Å². The lowest BCUT2D eigenvalue weighted by Gasteiger charge is -2.08. The molecule has 0 spiro atoms. The molecule has 30 heavy (non-hydrogen) atoms. The minimum absolute atomic E-state index is 0.161. The monoisotopic (exact) mass is 400 g/mol. The molecule has 4 rings (SSSR count). The molecule has 0 aliphatic carbocycles. The van der Waals surface area contributed by atoms with Gasteiger partial charge in [0.15, 0.2) is 0 Å². The molecule has 0 aliphatic rings. The first-order valence-electron chi connectivity index (χ1n) is 9.50. The van der Waals surface area contributed by atoms with Gasteiger partial charge in [0, 0.05) is 36.0 Å². The molecule has 1 amide bonds. The summed E-state index contributed by atoms with van der Waals surface area (Å²) in [7, 11) is 0. The van der Waals surface area contributed by atoms with Crippen molar-refractivity contribution in [3.63, 3.8) is 0 Å². The third kappa shape index (κ3) is 4.67. The predicted molar refractivity (Wildman–Crippen MR) is 116 cm³/mol. The zero-order valence-corrected chi connectivity index (χ0v) is 16.3. The molecule has 2 aromatic carbocycles. The van der Waals surface area contributed by atoms with Gasteiger partial charge in [0.2, 0.25) is 5.91 Å². The predicted octanol–water partition coefficient (Wildman–Crippen LogP) is 3.34. The third-order valence-corrected chi connectivity index (χ3v) is 4.50. The van der Waals surface area contributed by atoms with Crippen LogP contribution in [0, 0.1) is 6.92 Å². The Labute approximate surface area is 172 Å². The molecule has 0 radical (unpaired) electrons. The summed E-state index contributed by atoms with van der Waals surface area (Å²) in [6.45, 7) is 1.90. The first-order chi connectivity index (χ1) is 14.6. The highest BCUT2D eigenvalue weighted by Gasteiger charge is 2.09. The maximum Gasteiger partial charge on any atom is 0.270 e. The Hall–Kier alpha value is -4.07. The minimum atomic E-state index is -0.267. The lowest BCUT2D eigenvalue weighted by molar-refractivity contribution is -0.116. The second kappa shape index (κ2) is 8.52. The number of aromatic amines is 1. The van der Waals surface area contributed by atoms with Crippen LogP contribution >= 0.6 is 0 Å². The number of anilines is 3. The SMILES string of the molecule is Cc1cc(Nc2ccc(NC(=O)CCc3nc4ccccc4[nH]c3=O)cc2)ncn1. The Kier molecular flexibility index (Phi) is 5.47. The summed E-state index contributed by atoms with van der Waals surface area (Å²) in [6.07, 6.45) is 1.93. The highest BCUT2D eigenvalue weighted by atomic mass is 16.1. The molecule has 3 N–H and O–H groups in total. The van der Waals surface area contributed by atoms with Gasteiger partial charge in [-0.15, -0.1) is 0 Å². The lowest BCUT2D eigenvalue weighted by Crippen LogP contribution is -2.19. The fourth-order valence-electron chi connectivity index (χ4n) is 3.00. The molecule has 0 fully saturated rings. The van der Waals surface area contributed by atoms with Crippen molar-refractivity contribution in [2.24, 2.45) is 0 Å². The normalized spacial score (nSPS) is 10.7. The topological polar surface area (TPSA) is 113 Å². The molecule has 8 nitrogen and oxygen atoms in total. The van der Waals surface area contributed by atoms with Gasteiger partial charge >= 0.3 is 0 Å². The molecular formula is C22H20N6O2. The fourth-order valence-corrected chi connectivity index (χ4v) is 3.00. The van der Waals surface area contributed by atoms with Crippen molar-refractivity contribution >= 4 is 34.1 Å². The number of nitrogens with one attached hydrogen (secondary N) is 3. The maximum atomic E-state index is 12.3. The van der Waals surface area contributed by atoms with E-state index in [0.717, 1.165) is 11.4 Å². The number of aromatic nitrogens is 4. The molecule has 0 atom stereocenters. The van der Waals surface area contributed by atoms with Crippen LogP contribution in [0.5, 0.6) is 0 Å². The van der Waals surface area contributed by atoms with Crippen molar-refractivity contribution in [1.29, 1.82) is 0 Å². The van der Waals surface area contributed by atoms with Gasteiger partial charge in [-0.1, -0.05) is 12.1 Å². The second-order valence-electron chi connectivity index (χ2n) is 6.82. The highest BCUT2D eigenvalue weighted by molar-refractivity contribution is 5.91. The molecule has 0 bridgehead atoms. The number of fused-ring (bicyclic) bond motifs is 1. The van der Waals surface area contributed by atoms with Crippen LogP contribution in [0.1, 0.15) is 17.8 Å². The van der Waals surface area contributed by atoms with Crippen LogP contribution in [0.3, 0.4) is 0 Å². The van der Waals surface area contributed by atoms with Crippen LogP contribution in [-0.4, -0.2) is 25.8 Å². The number of aryl methyl sites for hydroxylation is 2. The van der Waals surface area contributed by atoms with Crippen LogP contribution in [0.25, 0.3) is 11.0 Å². The molecule has 0 saturated carbocycles. The number of hydrogen-bond acceptors (Lipinski definition) is 6. The lowest BCUT2D eigenvalue weighted by atomic mass is 10.2. The Balaban J connectivity index is 1.35. The largest absolute Gasteiger partial charge is 0.340 e. The number of rotatable bonds is 6. The first-order valence-corrected chi connectivity index (χ1v) is 9.50. The van der Waals surface area contributed by atoms with Crippen molar-refractivity contribution in [2.75, 3.05) is 10.6 Å². The van der Waals surface area contributed by atoms with E-state index in [1.165, 1.54) is 6.33 Å². The van der Waals surface area contributed by atoms with E-state index in [4.69, 9.17) is 0 Å². The molecule has 0 unspecified atom stereocenters. The summed E-state index contributed by atoms with van der Waals surface area (Å²) in [6, 6.07) is 16.5. The highest BCUT2D eigenvalue weighted by Crippen LogP contribution is 2.18. The molecular weight excluding hydrogens is 380 g/mol. The Morgan fingerprint density at radius 2 is 1.80 bits per heavy atom. The average molecular weight is 400 g/mol. The van der Waals surface area contributed by atoms with Gasteiger partial charge in [-0.25, -0.2) is 15.0 Å². The van der Waals surface area contributed by atoms with Crippen LogP contribution < -0.4 is 16.2 Å². The number of carbonyl (C=O) groups is 1. The van der Waals surface area contributed by atoms with Gasteiger partial charge in [0.1, 0.15) is 17.8 Å². The van der Waals surface area contributed by atoms with Crippen molar-refractivity contribution in [1.82, 2.24) is 19.9 Å². The van der Waals surface area contributed by atoms with Crippen LogP contribution in [0.2, 0.25) is 0 Å². The number of hydrogen-bond donors (Lipinski definition) is 3. The smallest absolute Gasteiger partial charge is 0.270 e. The molecule has 8 heteroatoms. The van der Waals surface area contributed by atoms with E-state index < -0.39 is 0 Å². The number of para-hydroxylation sites is 2. The average Bonchev–Trinajstić information content (AvgIpc) is 2.74. The third-order valence-electron chi connectivity index (χ3n) is 4.50. The Bertz CT molecular complexity index is 1250.